The third kappa shape index (κ3) is 7.77. The van der Waals surface area contributed by atoms with Crippen LogP contribution in [0.4, 0.5) is 5.69 Å². The fraction of sp³-hybridized carbons (Fsp3) is 0.192. The number of hydrogen-bond acceptors (Lipinski definition) is 7. The number of carbonyl (C=O) groups is 2. The molecule has 0 bridgehead atoms. The number of rotatable bonds is 10. The Labute approximate surface area is 238 Å². The van der Waals surface area contributed by atoms with E-state index in [9.17, 15) is 9.59 Å². The SMILES string of the molecule is CCOc1cc(/C=N/NC(=O)C(=O)Nc2cc(OC)ccc2OC)cc(Br)c1OCc1ccc(Cl)cc1Cl. The Balaban J connectivity index is 1.68. The number of hydrazone groups is 1. The second-order valence-corrected chi connectivity index (χ2v) is 9.20. The summed E-state index contributed by atoms with van der Waals surface area (Å²) >= 11 is 15.7. The van der Waals surface area contributed by atoms with E-state index in [1.54, 1.807) is 42.5 Å². The summed E-state index contributed by atoms with van der Waals surface area (Å²) in [6, 6.07) is 13.4. The number of carbonyl (C=O) groups excluding carboxylic acids is 2. The highest BCUT2D eigenvalue weighted by molar-refractivity contribution is 9.10. The number of methoxy groups -OCH3 is 2. The molecule has 0 fully saturated rings. The maximum atomic E-state index is 12.3. The third-order valence-corrected chi connectivity index (χ3v) is 6.14. The summed E-state index contributed by atoms with van der Waals surface area (Å²) in [5, 5.41) is 7.37. The standard InChI is InChI=1S/C26H24BrCl2N3O6/c1-4-37-23-10-15(9-19(27)24(23)38-14-16-5-6-17(28)11-20(16)29)13-30-32-26(34)25(33)31-21-12-18(35-2)7-8-22(21)36-3/h5-13H,4,14H2,1-3H3,(H,31,33)(H,32,34)/b30-13+. The zero-order chi connectivity index (χ0) is 27.7. The fourth-order valence-corrected chi connectivity index (χ4v) is 4.20. The van der Waals surface area contributed by atoms with Crippen molar-refractivity contribution < 1.29 is 28.5 Å². The van der Waals surface area contributed by atoms with Crippen LogP contribution in [0.5, 0.6) is 23.0 Å². The van der Waals surface area contributed by atoms with Gasteiger partial charge in [0.05, 0.1) is 37.2 Å². The highest BCUT2D eigenvalue weighted by atomic mass is 79.9. The minimum absolute atomic E-state index is 0.186. The highest BCUT2D eigenvalue weighted by Gasteiger charge is 2.17. The molecule has 9 nitrogen and oxygen atoms in total. The van der Waals surface area contributed by atoms with E-state index in [4.69, 9.17) is 42.1 Å². The van der Waals surface area contributed by atoms with Gasteiger partial charge in [-0.1, -0.05) is 29.3 Å². The average Bonchev–Trinajstić information content (AvgIpc) is 2.89. The van der Waals surface area contributed by atoms with Crippen molar-refractivity contribution >= 4 is 62.8 Å². The first-order valence-corrected chi connectivity index (χ1v) is 12.7. The molecule has 0 unspecified atom stereocenters. The van der Waals surface area contributed by atoms with E-state index in [0.717, 1.165) is 5.56 Å². The summed E-state index contributed by atoms with van der Waals surface area (Å²) in [5.41, 5.74) is 3.80. The Kier molecular flexibility index (Phi) is 10.6. The van der Waals surface area contributed by atoms with Crippen molar-refractivity contribution in [2.45, 2.75) is 13.5 Å². The van der Waals surface area contributed by atoms with Gasteiger partial charge in [-0.15, -0.1) is 0 Å². The van der Waals surface area contributed by atoms with Crippen LogP contribution >= 0.6 is 39.1 Å². The minimum atomic E-state index is -0.977. The van der Waals surface area contributed by atoms with Crippen LogP contribution in [-0.4, -0.2) is 38.9 Å². The molecule has 0 aliphatic rings. The molecular weight excluding hydrogens is 601 g/mol. The molecule has 200 valence electrons. The monoisotopic (exact) mass is 623 g/mol. The average molecular weight is 625 g/mol. The number of nitrogens with one attached hydrogen (secondary N) is 2. The van der Waals surface area contributed by atoms with E-state index in [1.807, 2.05) is 6.92 Å². The van der Waals surface area contributed by atoms with E-state index >= 15 is 0 Å². The van der Waals surface area contributed by atoms with Crippen LogP contribution in [0, 0.1) is 0 Å². The van der Waals surface area contributed by atoms with E-state index in [0.29, 0.717) is 49.7 Å². The molecule has 0 saturated heterocycles. The molecule has 0 aromatic heterocycles. The largest absolute Gasteiger partial charge is 0.497 e. The highest BCUT2D eigenvalue weighted by Crippen LogP contribution is 2.37. The number of nitrogens with zero attached hydrogens (tertiary/aromatic N) is 1. The van der Waals surface area contributed by atoms with Gasteiger partial charge in [0.15, 0.2) is 11.5 Å². The smallest absolute Gasteiger partial charge is 0.329 e. The predicted octanol–water partition coefficient (Wildman–Crippen LogP) is 5.84. The summed E-state index contributed by atoms with van der Waals surface area (Å²) in [6.45, 7) is 2.41. The fourth-order valence-electron chi connectivity index (χ4n) is 3.16. The summed E-state index contributed by atoms with van der Waals surface area (Å²) in [7, 11) is 2.93. The predicted molar refractivity (Wildman–Crippen MR) is 150 cm³/mol. The van der Waals surface area contributed by atoms with Crippen molar-refractivity contribution in [2.75, 3.05) is 26.1 Å². The van der Waals surface area contributed by atoms with Gasteiger partial charge in [-0.2, -0.15) is 5.10 Å². The van der Waals surface area contributed by atoms with Crippen molar-refractivity contribution in [2.24, 2.45) is 5.10 Å². The van der Waals surface area contributed by atoms with Crippen LogP contribution in [-0.2, 0) is 16.2 Å². The van der Waals surface area contributed by atoms with Gasteiger partial charge in [0, 0.05) is 21.7 Å². The van der Waals surface area contributed by atoms with Crippen LogP contribution in [0.15, 0.2) is 58.1 Å². The maximum absolute atomic E-state index is 12.3. The first kappa shape index (κ1) is 29.1. The molecule has 3 aromatic carbocycles. The van der Waals surface area contributed by atoms with Crippen molar-refractivity contribution in [3.05, 3.63) is 74.2 Å². The van der Waals surface area contributed by atoms with Gasteiger partial charge in [0.1, 0.15) is 18.1 Å². The Morgan fingerprint density at radius 1 is 0.974 bits per heavy atom. The zero-order valence-electron chi connectivity index (χ0n) is 20.6. The third-order valence-electron chi connectivity index (χ3n) is 4.96. The molecule has 3 rings (SSSR count). The van der Waals surface area contributed by atoms with Crippen LogP contribution < -0.4 is 29.7 Å². The number of hydrogen-bond donors (Lipinski definition) is 2. The normalized spacial score (nSPS) is 10.7. The Morgan fingerprint density at radius 3 is 2.45 bits per heavy atom. The molecule has 38 heavy (non-hydrogen) atoms. The van der Waals surface area contributed by atoms with Crippen molar-refractivity contribution in [3.8, 4) is 23.0 Å². The van der Waals surface area contributed by atoms with Gasteiger partial charge in [-0.05, 0) is 64.8 Å². The second-order valence-electron chi connectivity index (χ2n) is 7.51. The zero-order valence-corrected chi connectivity index (χ0v) is 23.7. The summed E-state index contributed by atoms with van der Waals surface area (Å²) in [5.74, 6) is -0.152. The maximum Gasteiger partial charge on any atom is 0.329 e. The second kappa shape index (κ2) is 13.9. The number of ether oxygens (including phenoxy) is 4. The Morgan fingerprint density at radius 2 is 1.76 bits per heavy atom. The molecule has 2 amide bonds. The van der Waals surface area contributed by atoms with Crippen LogP contribution in [0.3, 0.4) is 0 Å². The molecular formula is C26H24BrCl2N3O6. The molecule has 0 spiro atoms. The minimum Gasteiger partial charge on any atom is -0.497 e. The molecule has 0 aliphatic heterocycles. The van der Waals surface area contributed by atoms with Crippen LogP contribution in [0.2, 0.25) is 10.0 Å². The van der Waals surface area contributed by atoms with E-state index in [2.05, 4.69) is 31.8 Å². The number of amides is 2. The molecule has 0 heterocycles. The molecule has 3 aromatic rings. The molecule has 0 aliphatic carbocycles. The van der Waals surface area contributed by atoms with Crippen molar-refractivity contribution in [1.82, 2.24) is 5.43 Å². The van der Waals surface area contributed by atoms with Crippen LogP contribution in [0.25, 0.3) is 0 Å². The Hall–Kier alpha value is -3.47. The molecule has 2 N–H and O–H groups in total. The summed E-state index contributed by atoms with van der Waals surface area (Å²) < 4.78 is 22.6. The quantitative estimate of drug-likeness (QED) is 0.167. The lowest BCUT2D eigenvalue weighted by molar-refractivity contribution is -0.136. The molecule has 0 radical (unpaired) electrons. The number of benzene rings is 3. The lowest BCUT2D eigenvalue weighted by Crippen LogP contribution is -2.32. The molecule has 0 saturated carbocycles. The Bertz CT molecular complexity index is 1350. The molecule has 0 atom stereocenters. The summed E-state index contributed by atoms with van der Waals surface area (Å²) in [6.07, 6.45) is 1.37. The van der Waals surface area contributed by atoms with E-state index < -0.39 is 11.8 Å². The first-order chi connectivity index (χ1) is 18.2. The topological polar surface area (TPSA) is 107 Å². The number of halogens is 3. The van der Waals surface area contributed by atoms with Gasteiger partial charge in [-0.25, -0.2) is 5.43 Å². The lowest BCUT2D eigenvalue weighted by Gasteiger charge is -2.15. The van der Waals surface area contributed by atoms with Gasteiger partial charge in [-0.3, -0.25) is 9.59 Å². The van der Waals surface area contributed by atoms with Gasteiger partial charge in [0.25, 0.3) is 0 Å². The van der Waals surface area contributed by atoms with Gasteiger partial charge >= 0.3 is 11.8 Å². The lowest BCUT2D eigenvalue weighted by atomic mass is 10.2. The van der Waals surface area contributed by atoms with Gasteiger partial charge in [0.2, 0.25) is 0 Å². The number of anilines is 1. The van der Waals surface area contributed by atoms with E-state index in [-0.39, 0.29) is 12.3 Å². The van der Waals surface area contributed by atoms with E-state index in [1.165, 1.54) is 26.5 Å². The summed E-state index contributed by atoms with van der Waals surface area (Å²) in [4.78, 5) is 24.6. The molecule has 12 heteroatoms. The first-order valence-electron chi connectivity index (χ1n) is 11.1. The van der Waals surface area contributed by atoms with Crippen molar-refractivity contribution in [3.63, 3.8) is 0 Å². The van der Waals surface area contributed by atoms with Crippen LogP contribution in [0.1, 0.15) is 18.1 Å². The van der Waals surface area contributed by atoms with Gasteiger partial charge < -0.3 is 24.3 Å². The van der Waals surface area contributed by atoms with Crippen molar-refractivity contribution in [1.29, 1.82) is 0 Å².